The Balaban J connectivity index is 1.74. The largest absolute Gasteiger partial charge is 0.449 e. The number of benzene rings is 2. The quantitative estimate of drug-likeness (QED) is 0.567. The molecule has 0 radical (unpaired) electrons. The molecule has 1 aromatic heterocycles. The molecule has 1 aliphatic heterocycles. The van der Waals surface area contributed by atoms with Crippen LogP contribution < -0.4 is 4.72 Å². The molecule has 1 fully saturated rings. The van der Waals surface area contributed by atoms with Crippen LogP contribution >= 0.6 is 0 Å². The third-order valence-electron chi connectivity index (χ3n) is 6.43. The van der Waals surface area contributed by atoms with E-state index in [2.05, 4.69) is 4.72 Å². The minimum Gasteiger partial charge on any atom is -0.449 e. The monoisotopic (exact) mass is 472 g/mol. The van der Waals surface area contributed by atoms with Gasteiger partial charge < -0.3 is 9.32 Å². The maximum absolute atomic E-state index is 13.4. The average molecular weight is 473 g/mol. The van der Waals surface area contributed by atoms with E-state index in [4.69, 9.17) is 4.42 Å². The van der Waals surface area contributed by atoms with Crippen molar-refractivity contribution in [2.45, 2.75) is 57.9 Å². The summed E-state index contributed by atoms with van der Waals surface area (Å²) >= 11 is 0. The summed E-state index contributed by atoms with van der Waals surface area (Å²) in [6.45, 7) is 6.74. The van der Waals surface area contributed by atoms with Gasteiger partial charge >= 0.3 is 0 Å². The fourth-order valence-electron chi connectivity index (χ4n) is 4.34. The van der Waals surface area contributed by atoms with Crippen molar-refractivity contribution in [1.29, 1.82) is 0 Å². The Labute approximate surface area is 193 Å². The topological polar surface area (TPSA) is 79.6 Å². The molecule has 8 heteroatoms. The lowest BCUT2D eigenvalue weighted by Gasteiger charge is -2.19. The maximum Gasteiger partial charge on any atom is 0.289 e. The second kappa shape index (κ2) is 9.27. The summed E-state index contributed by atoms with van der Waals surface area (Å²) in [5, 5.41) is 0.624. The summed E-state index contributed by atoms with van der Waals surface area (Å²) < 4.78 is 48.5. The molecule has 33 heavy (non-hydrogen) atoms. The van der Waals surface area contributed by atoms with E-state index < -0.39 is 10.0 Å². The van der Waals surface area contributed by atoms with Crippen LogP contribution in [0.1, 0.15) is 58.5 Å². The van der Waals surface area contributed by atoms with E-state index in [0.717, 1.165) is 31.2 Å². The third-order valence-corrected chi connectivity index (χ3v) is 7.98. The molecular weight excluding hydrogens is 443 g/mol. The van der Waals surface area contributed by atoms with Gasteiger partial charge in [0.2, 0.25) is 10.0 Å². The number of nitrogens with zero attached hydrogens (tertiary/aromatic N) is 1. The minimum atomic E-state index is -3.97. The van der Waals surface area contributed by atoms with Gasteiger partial charge in [0.15, 0.2) is 11.3 Å². The summed E-state index contributed by atoms with van der Waals surface area (Å²) in [7, 11) is -3.97. The number of likely N-dealkylation sites (tertiary alicyclic amines) is 1. The van der Waals surface area contributed by atoms with Crippen LogP contribution in [0.4, 0.5) is 4.39 Å². The van der Waals surface area contributed by atoms with Crippen LogP contribution in [-0.2, 0) is 16.6 Å². The minimum absolute atomic E-state index is 0.0107. The zero-order valence-electron chi connectivity index (χ0n) is 19.2. The van der Waals surface area contributed by atoms with Crippen LogP contribution in [0.15, 0.2) is 39.6 Å². The third kappa shape index (κ3) is 4.68. The number of nitrogens with one attached hydrogen (secondary N) is 1. The van der Waals surface area contributed by atoms with Crippen molar-refractivity contribution < 1.29 is 22.0 Å². The average Bonchev–Trinajstić information content (AvgIpc) is 2.96. The number of halogens is 1. The Hall–Kier alpha value is -2.71. The van der Waals surface area contributed by atoms with E-state index in [-0.39, 0.29) is 34.5 Å². The van der Waals surface area contributed by atoms with Crippen LogP contribution in [-0.4, -0.2) is 32.3 Å². The van der Waals surface area contributed by atoms with E-state index in [9.17, 15) is 17.6 Å². The Morgan fingerprint density at radius 1 is 1.03 bits per heavy atom. The molecule has 176 valence electrons. The van der Waals surface area contributed by atoms with E-state index in [1.54, 1.807) is 18.7 Å². The molecule has 4 rings (SSSR count). The van der Waals surface area contributed by atoms with E-state index in [1.165, 1.54) is 24.3 Å². The second-order valence-electron chi connectivity index (χ2n) is 8.74. The fourth-order valence-corrected chi connectivity index (χ4v) is 5.80. The van der Waals surface area contributed by atoms with Gasteiger partial charge in [0.25, 0.3) is 5.91 Å². The van der Waals surface area contributed by atoms with Crippen LogP contribution in [0.3, 0.4) is 0 Å². The predicted molar refractivity (Wildman–Crippen MR) is 125 cm³/mol. The Morgan fingerprint density at radius 3 is 2.30 bits per heavy atom. The highest BCUT2D eigenvalue weighted by molar-refractivity contribution is 7.89. The lowest BCUT2D eigenvalue weighted by molar-refractivity contribution is 0.0731. The summed E-state index contributed by atoms with van der Waals surface area (Å²) in [5.74, 6) is -0.374. The molecule has 0 atom stereocenters. The Kier molecular flexibility index (Phi) is 6.59. The van der Waals surface area contributed by atoms with E-state index in [0.29, 0.717) is 35.2 Å². The van der Waals surface area contributed by atoms with Gasteiger partial charge in [-0.3, -0.25) is 4.79 Å². The number of fused-ring (bicyclic) bond motifs is 1. The number of furan rings is 1. The van der Waals surface area contributed by atoms with Gasteiger partial charge in [-0.05, 0) is 68.5 Å². The van der Waals surface area contributed by atoms with Crippen molar-refractivity contribution >= 4 is 26.9 Å². The highest BCUT2D eigenvalue weighted by atomic mass is 32.2. The molecule has 2 heterocycles. The van der Waals surface area contributed by atoms with Gasteiger partial charge in [-0.2, -0.15) is 0 Å². The predicted octanol–water partition coefficient (Wildman–Crippen LogP) is 4.99. The molecule has 2 aromatic carbocycles. The lowest BCUT2D eigenvalue weighted by Crippen LogP contribution is -2.31. The highest BCUT2D eigenvalue weighted by Crippen LogP contribution is 2.35. The standard InChI is InChI=1S/C25H29FN2O4S/c1-16-14-21-18(3)22(25(29)28-12-6-4-5-7-13-28)32-23(21)24(17(16)2)33(30,31)27-15-19-8-10-20(26)11-9-19/h8-11,14,27H,4-7,12-13,15H2,1-3H3. The molecule has 1 N–H and O–H groups in total. The van der Waals surface area contributed by atoms with Gasteiger partial charge in [0.05, 0.1) is 0 Å². The van der Waals surface area contributed by atoms with Crippen LogP contribution in [0.5, 0.6) is 0 Å². The van der Waals surface area contributed by atoms with Crippen molar-refractivity contribution in [3.63, 3.8) is 0 Å². The van der Waals surface area contributed by atoms with Crippen molar-refractivity contribution in [2.24, 2.45) is 0 Å². The fraction of sp³-hybridized carbons (Fsp3) is 0.400. The number of amides is 1. The Morgan fingerprint density at radius 2 is 1.67 bits per heavy atom. The van der Waals surface area contributed by atoms with Crippen molar-refractivity contribution in [3.05, 3.63) is 64.2 Å². The summed E-state index contributed by atoms with van der Waals surface area (Å²) in [6.07, 6.45) is 4.11. The number of rotatable bonds is 5. The van der Waals surface area contributed by atoms with E-state index in [1.807, 2.05) is 13.0 Å². The molecule has 0 saturated carbocycles. The molecular formula is C25H29FN2O4S. The molecule has 1 aliphatic rings. The molecule has 0 unspecified atom stereocenters. The molecule has 0 aliphatic carbocycles. The number of hydrogen-bond acceptors (Lipinski definition) is 4. The first-order valence-electron chi connectivity index (χ1n) is 11.3. The number of carbonyl (C=O) groups excluding carboxylic acids is 1. The molecule has 6 nitrogen and oxygen atoms in total. The van der Waals surface area contributed by atoms with Crippen molar-refractivity contribution in [2.75, 3.05) is 13.1 Å². The zero-order chi connectivity index (χ0) is 23.8. The van der Waals surface area contributed by atoms with E-state index >= 15 is 0 Å². The maximum atomic E-state index is 13.4. The van der Waals surface area contributed by atoms with Crippen molar-refractivity contribution in [3.8, 4) is 0 Å². The van der Waals surface area contributed by atoms with Crippen LogP contribution in [0, 0.1) is 26.6 Å². The highest BCUT2D eigenvalue weighted by Gasteiger charge is 2.29. The van der Waals surface area contributed by atoms with Gasteiger partial charge in [-0.25, -0.2) is 17.5 Å². The lowest BCUT2D eigenvalue weighted by atomic mass is 10.0. The number of hydrogen-bond donors (Lipinski definition) is 1. The van der Waals surface area contributed by atoms with Gasteiger partial charge in [-0.1, -0.05) is 25.0 Å². The van der Waals surface area contributed by atoms with Crippen LogP contribution in [0.25, 0.3) is 11.0 Å². The molecule has 3 aromatic rings. The molecule has 0 bridgehead atoms. The summed E-state index contributed by atoms with van der Waals surface area (Å²) in [5.41, 5.74) is 2.84. The van der Waals surface area contributed by atoms with Gasteiger partial charge in [0, 0.05) is 30.6 Å². The molecule has 1 amide bonds. The first-order chi connectivity index (χ1) is 15.7. The Bertz CT molecular complexity index is 1290. The van der Waals surface area contributed by atoms with Gasteiger partial charge in [-0.15, -0.1) is 0 Å². The SMILES string of the molecule is Cc1cc2c(C)c(C(=O)N3CCCCCC3)oc2c(S(=O)(=O)NCc2ccc(F)cc2)c1C. The second-order valence-corrected chi connectivity index (χ2v) is 10.4. The van der Waals surface area contributed by atoms with Gasteiger partial charge in [0.1, 0.15) is 10.7 Å². The number of sulfonamides is 1. The first kappa shape index (κ1) is 23.4. The molecule has 0 spiro atoms. The molecule has 1 saturated heterocycles. The number of aryl methyl sites for hydroxylation is 2. The number of carbonyl (C=O) groups is 1. The van der Waals surface area contributed by atoms with Crippen molar-refractivity contribution in [1.82, 2.24) is 9.62 Å². The smallest absolute Gasteiger partial charge is 0.289 e. The van der Waals surface area contributed by atoms with Crippen LogP contribution in [0.2, 0.25) is 0 Å². The normalized spacial score (nSPS) is 15.1. The first-order valence-corrected chi connectivity index (χ1v) is 12.7. The summed E-state index contributed by atoms with van der Waals surface area (Å²) in [6, 6.07) is 7.52. The zero-order valence-corrected chi connectivity index (χ0v) is 20.0. The summed E-state index contributed by atoms with van der Waals surface area (Å²) in [4.78, 5) is 15.1.